The van der Waals surface area contributed by atoms with E-state index in [4.69, 9.17) is 5.41 Å². The Morgan fingerprint density at radius 1 is 2.00 bits per heavy atom. The van der Waals surface area contributed by atoms with E-state index in [1.165, 1.54) is 0 Å². The number of hydrogen-bond donors (Lipinski definition) is 1. The first-order valence-corrected chi connectivity index (χ1v) is 2.61. The molecule has 0 heterocycles. The van der Waals surface area contributed by atoms with Gasteiger partial charge in [0, 0.05) is 0 Å². The summed E-state index contributed by atoms with van der Waals surface area (Å²) in [5, 5.41) is 6.66. The van der Waals surface area contributed by atoms with Crippen molar-refractivity contribution in [3.05, 3.63) is 0 Å². The van der Waals surface area contributed by atoms with E-state index in [0.717, 1.165) is 11.8 Å². The van der Waals surface area contributed by atoms with Crippen LogP contribution in [-0.4, -0.2) is 17.6 Å². The largest absolute Gasteiger partial charge is 0.296 e. The van der Waals surface area contributed by atoms with Crippen molar-refractivity contribution >= 4 is 23.1 Å². The highest BCUT2D eigenvalue weighted by molar-refractivity contribution is 8.14. The minimum absolute atomic E-state index is 0.0787. The van der Waals surface area contributed by atoms with Crippen LogP contribution in [0.2, 0.25) is 0 Å². The molecule has 0 atom stereocenters. The Hall–Kier alpha value is -0.310. The molecule has 0 aliphatic heterocycles. The molecule has 0 saturated carbocycles. The summed E-state index contributed by atoms with van der Waals surface area (Å²) in [4.78, 5) is 9.49. The van der Waals surface area contributed by atoms with Crippen LogP contribution in [0.15, 0.2) is 0 Å². The summed E-state index contributed by atoms with van der Waals surface area (Å²) < 4.78 is 0. The molecule has 0 aromatic carbocycles. The van der Waals surface area contributed by atoms with Crippen molar-refractivity contribution in [1.29, 1.82) is 5.41 Å². The second kappa shape index (κ2) is 2.90. The smallest absolute Gasteiger partial charge is 0.174 e. The summed E-state index contributed by atoms with van der Waals surface area (Å²) >= 11 is 1.14. The van der Waals surface area contributed by atoms with Gasteiger partial charge in [-0.05, 0) is 6.26 Å². The van der Waals surface area contributed by atoms with Gasteiger partial charge in [0.15, 0.2) is 6.29 Å². The summed E-state index contributed by atoms with van der Waals surface area (Å²) in [5.74, 6) is 0. The van der Waals surface area contributed by atoms with Gasteiger partial charge in [-0.25, -0.2) is 0 Å². The van der Waals surface area contributed by atoms with Gasteiger partial charge in [0.1, 0.15) is 5.04 Å². The van der Waals surface area contributed by atoms with Gasteiger partial charge in [0.05, 0.1) is 0 Å². The van der Waals surface area contributed by atoms with Gasteiger partial charge >= 0.3 is 0 Å². The molecule has 1 N–H and O–H groups in total. The molecule has 0 aliphatic rings. The molecule has 0 unspecified atom stereocenters. The number of carbonyl (C=O) groups excluding carboxylic acids is 1. The number of aldehydes is 1. The summed E-state index contributed by atoms with van der Waals surface area (Å²) in [5.41, 5.74) is 0. The summed E-state index contributed by atoms with van der Waals surface area (Å²) in [6.45, 7) is 0. The Labute approximate surface area is 40.4 Å². The van der Waals surface area contributed by atoms with Crippen molar-refractivity contribution in [2.45, 2.75) is 0 Å². The molecule has 2 nitrogen and oxygen atoms in total. The second-order valence-electron chi connectivity index (χ2n) is 0.686. The van der Waals surface area contributed by atoms with Crippen LogP contribution in [0.4, 0.5) is 0 Å². The van der Waals surface area contributed by atoms with Crippen molar-refractivity contribution in [2.24, 2.45) is 0 Å². The lowest BCUT2D eigenvalue weighted by Crippen LogP contribution is -1.85. The fourth-order valence-corrected chi connectivity index (χ4v) is 0.144. The highest BCUT2D eigenvalue weighted by Gasteiger charge is 1.81. The molecule has 0 amide bonds. The second-order valence-corrected chi connectivity index (χ2v) is 1.53. The molecule has 0 spiro atoms. The third kappa shape index (κ3) is 1.96. The van der Waals surface area contributed by atoms with E-state index in [-0.39, 0.29) is 5.04 Å². The highest BCUT2D eigenvalue weighted by atomic mass is 32.2. The first kappa shape index (κ1) is 5.69. The molecule has 0 aliphatic carbocycles. The molecule has 3 heteroatoms. The van der Waals surface area contributed by atoms with Gasteiger partial charge in [0.25, 0.3) is 0 Å². The van der Waals surface area contributed by atoms with E-state index in [0.29, 0.717) is 6.29 Å². The Morgan fingerprint density at radius 2 is 2.50 bits per heavy atom. The molecule has 6 heavy (non-hydrogen) atoms. The molecule has 0 saturated heterocycles. The normalized spacial score (nSPS) is 7.50. The van der Waals surface area contributed by atoms with Crippen molar-refractivity contribution in [1.82, 2.24) is 0 Å². The fraction of sp³-hybridized carbons (Fsp3) is 0.333. The van der Waals surface area contributed by atoms with Crippen LogP contribution in [0.3, 0.4) is 0 Å². The maximum atomic E-state index is 9.49. The maximum absolute atomic E-state index is 9.49. The SMILES string of the molecule is CSC(=N)C=O. The van der Waals surface area contributed by atoms with Crippen LogP contribution in [0.5, 0.6) is 0 Å². The Balaban J connectivity index is 3.23. The maximum Gasteiger partial charge on any atom is 0.174 e. The van der Waals surface area contributed by atoms with Gasteiger partial charge in [-0.3, -0.25) is 10.2 Å². The van der Waals surface area contributed by atoms with Gasteiger partial charge in [-0.2, -0.15) is 0 Å². The van der Waals surface area contributed by atoms with Crippen molar-refractivity contribution in [2.75, 3.05) is 6.26 Å². The van der Waals surface area contributed by atoms with E-state index >= 15 is 0 Å². The average molecular weight is 103 g/mol. The first-order valence-electron chi connectivity index (χ1n) is 1.39. The van der Waals surface area contributed by atoms with Crippen LogP contribution >= 0.6 is 11.8 Å². The predicted molar refractivity (Wildman–Crippen MR) is 27.3 cm³/mol. The third-order valence-electron chi connectivity index (χ3n) is 0.327. The van der Waals surface area contributed by atoms with Gasteiger partial charge in [0.2, 0.25) is 0 Å². The van der Waals surface area contributed by atoms with Gasteiger partial charge in [-0.1, -0.05) is 0 Å². The van der Waals surface area contributed by atoms with Crippen LogP contribution in [0.1, 0.15) is 0 Å². The molecule has 0 aromatic heterocycles. The van der Waals surface area contributed by atoms with Gasteiger partial charge < -0.3 is 0 Å². The Bertz CT molecular complexity index is 71.2. The van der Waals surface area contributed by atoms with E-state index in [9.17, 15) is 4.79 Å². The fourth-order valence-electron chi connectivity index (χ4n) is 0.0481. The zero-order valence-electron chi connectivity index (χ0n) is 3.39. The molecule has 0 rings (SSSR count). The predicted octanol–water partition coefficient (Wildman–Crippen LogP) is 0.526. The van der Waals surface area contributed by atoms with Crippen molar-refractivity contribution in [3.8, 4) is 0 Å². The number of hydrogen-bond acceptors (Lipinski definition) is 3. The number of carbonyl (C=O) groups is 1. The van der Waals surface area contributed by atoms with Crippen LogP contribution in [-0.2, 0) is 4.79 Å². The van der Waals surface area contributed by atoms with Crippen molar-refractivity contribution in [3.63, 3.8) is 0 Å². The number of rotatable bonds is 1. The van der Waals surface area contributed by atoms with Crippen LogP contribution in [0.25, 0.3) is 0 Å². The standard InChI is InChI=1S/C3H5NOS/c1-6-3(4)2-5/h2,4H,1H3. The molecular formula is C3H5NOS. The van der Waals surface area contributed by atoms with Crippen LogP contribution in [0, 0.1) is 5.41 Å². The molecule has 0 fully saturated rings. The summed E-state index contributed by atoms with van der Waals surface area (Å²) in [6, 6.07) is 0. The Morgan fingerprint density at radius 3 is 2.50 bits per heavy atom. The lowest BCUT2D eigenvalue weighted by Gasteiger charge is -1.76. The lowest BCUT2D eigenvalue weighted by atomic mass is 10.9. The highest BCUT2D eigenvalue weighted by Crippen LogP contribution is 1.87. The van der Waals surface area contributed by atoms with Crippen LogP contribution < -0.4 is 0 Å². The van der Waals surface area contributed by atoms with E-state index < -0.39 is 0 Å². The topological polar surface area (TPSA) is 40.9 Å². The molecule has 0 bridgehead atoms. The number of nitrogens with one attached hydrogen (secondary N) is 1. The van der Waals surface area contributed by atoms with E-state index in [2.05, 4.69) is 0 Å². The lowest BCUT2D eigenvalue weighted by molar-refractivity contribution is -0.102. The zero-order chi connectivity index (χ0) is 4.99. The monoisotopic (exact) mass is 103 g/mol. The first-order chi connectivity index (χ1) is 2.81. The molecule has 0 aromatic rings. The van der Waals surface area contributed by atoms with E-state index in [1.807, 2.05) is 0 Å². The van der Waals surface area contributed by atoms with E-state index in [1.54, 1.807) is 6.26 Å². The summed E-state index contributed by atoms with van der Waals surface area (Å²) in [7, 11) is 0. The van der Waals surface area contributed by atoms with Gasteiger partial charge in [-0.15, -0.1) is 11.8 Å². The molecular weight excluding hydrogens is 98.1 g/mol. The minimum atomic E-state index is 0.0787. The third-order valence-corrected chi connectivity index (χ3v) is 0.863. The summed E-state index contributed by atoms with van der Waals surface area (Å²) in [6.07, 6.45) is 2.21. The quantitative estimate of drug-likeness (QED) is 0.298. The molecule has 0 radical (unpaired) electrons. The number of thioether (sulfide) groups is 1. The van der Waals surface area contributed by atoms with Crippen molar-refractivity contribution < 1.29 is 4.79 Å². The molecule has 34 valence electrons. The zero-order valence-corrected chi connectivity index (χ0v) is 4.21. The Kier molecular flexibility index (Phi) is 2.75. The average Bonchev–Trinajstić information content (AvgIpc) is 1.65. The minimum Gasteiger partial charge on any atom is -0.296 e.